The lowest BCUT2D eigenvalue weighted by Crippen LogP contribution is -2.41. The predicted molar refractivity (Wildman–Crippen MR) is 81.3 cm³/mol. The Morgan fingerprint density at radius 3 is 2.30 bits per heavy atom. The molecule has 1 atom stereocenters. The molecule has 0 radical (unpaired) electrons. The van der Waals surface area contributed by atoms with Crippen molar-refractivity contribution in [3.8, 4) is 11.5 Å². The largest absolute Gasteiger partial charge is 0.497 e. The van der Waals surface area contributed by atoms with E-state index in [2.05, 4.69) is 5.32 Å². The van der Waals surface area contributed by atoms with Crippen molar-refractivity contribution in [2.45, 2.75) is 20.0 Å². The van der Waals surface area contributed by atoms with E-state index < -0.39 is 30.6 Å². The van der Waals surface area contributed by atoms with Crippen LogP contribution in [0.5, 0.6) is 11.5 Å². The number of carbonyl (C=O) groups excluding carboxylic acids is 3. The standard InChI is InChI=1S/C15H20N2O6/c1-4-16-15(20)17-13(18)9-22-14(19)10(2)23-12-7-5-11(21-3)6-8-12/h5-8,10H,4,9H2,1-3H3,(H2,16,17,18,20). The minimum Gasteiger partial charge on any atom is -0.497 e. The van der Waals surface area contributed by atoms with Crippen LogP contribution >= 0.6 is 0 Å². The van der Waals surface area contributed by atoms with E-state index >= 15 is 0 Å². The summed E-state index contributed by atoms with van der Waals surface area (Å²) in [4.78, 5) is 34.2. The minimum atomic E-state index is -0.902. The first-order valence-corrected chi connectivity index (χ1v) is 7.01. The summed E-state index contributed by atoms with van der Waals surface area (Å²) in [6.45, 7) is 3.02. The van der Waals surface area contributed by atoms with Gasteiger partial charge in [0.1, 0.15) is 11.5 Å². The third kappa shape index (κ3) is 6.68. The van der Waals surface area contributed by atoms with Gasteiger partial charge in [0.05, 0.1) is 7.11 Å². The first kappa shape index (κ1) is 18.3. The van der Waals surface area contributed by atoms with Crippen LogP contribution in [0, 0.1) is 0 Å². The molecule has 1 unspecified atom stereocenters. The molecule has 0 saturated heterocycles. The van der Waals surface area contributed by atoms with Crippen LogP contribution in [0.4, 0.5) is 4.79 Å². The summed E-state index contributed by atoms with van der Waals surface area (Å²) in [5.41, 5.74) is 0. The van der Waals surface area contributed by atoms with E-state index in [0.29, 0.717) is 18.0 Å². The lowest BCUT2D eigenvalue weighted by Gasteiger charge is -2.14. The van der Waals surface area contributed by atoms with Crippen LogP contribution in [0.15, 0.2) is 24.3 Å². The second-order valence-corrected chi connectivity index (χ2v) is 4.45. The number of esters is 1. The van der Waals surface area contributed by atoms with Gasteiger partial charge in [-0.05, 0) is 38.1 Å². The second kappa shape index (κ2) is 9.29. The van der Waals surface area contributed by atoms with E-state index in [1.807, 2.05) is 5.32 Å². The average molecular weight is 324 g/mol. The van der Waals surface area contributed by atoms with Gasteiger partial charge in [0.2, 0.25) is 0 Å². The SMILES string of the molecule is CCNC(=O)NC(=O)COC(=O)C(C)Oc1ccc(OC)cc1. The molecule has 0 aliphatic rings. The number of hydrogen-bond donors (Lipinski definition) is 2. The molecule has 0 aromatic heterocycles. The molecule has 23 heavy (non-hydrogen) atoms. The number of imide groups is 1. The number of urea groups is 1. The van der Waals surface area contributed by atoms with Gasteiger partial charge in [-0.15, -0.1) is 0 Å². The van der Waals surface area contributed by atoms with E-state index in [0.717, 1.165) is 0 Å². The maximum atomic E-state index is 11.7. The zero-order valence-corrected chi connectivity index (χ0v) is 13.3. The molecule has 0 aliphatic heterocycles. The van der Waals surface area contributed by atoms with Gasteiger partial charge in [-0.1, -0.05) is 0 Å². The predicted octanol–water partition coefficient (Wildman–Crippen LogP) is 0.851. The number of benzene rings is 1. The van der Waals surface area contributed by atoms with Crippen molar-refractivity contribution in [1.82, 2.24) is 10.6 Å². The molecule has 8 heteroatoms. The Morgan fingerprint density at radius 2 is 1.74 bits per heavy atom. The summed E-state index contributed by atoms with van der Waals surface area (Å²) in [6, 6.07) is 6.02. The molecule has 0 bridgehead atoms. The highest BCUT2D eigenvalue weighted by Crippen LogP contribution is 2.18. The Bertz CT molecular complexity index is 543. The van der Waals surface area contributed by atoms with E-state index in [1.165, 1.54) is 6.92 Å². The quantitative estimate of drug-likeness (QED) is 0.721. The molecule has 0 aliphatic carbocycles. The van der Waals surface area contributed by atoms with E-state index in [4.69, 9.17) is 14.2 Å². The van der Waals surface area contributed by atoms with Crippen molar-refractivity contribution in [3.63, 3.8) is 0 Å². The number of hydrogen-bond acceptors (Lipinski definition) is 6. The van der Waals surface area contributed by atoms with E-state index in [1.54, 1.807) is 38.3 Å². The highest BCUT2D eigenvalue weighted by molar-refractivity contribution is 5.95. The van der Waals surface area contributed by atoms with Crippen LogP contribution in [0.1, 0.15) is 13.8 Å². The molecule has 1 aromatic carbocycles. The molecule has 2 N–H and O–H groups in total. The van der Waals surface area contributed by atoms with Crippen molar-refractivity contribution in [3.05, 3.63) is 24.3 Å². The summed E-state index contributed by atoms with van der Waals surface area (Å²) in [5, 5.41) is 4.40. The smallest absolute Gasteiger partial charge is 0.347 e. The van der Waals surface area contributed by atoms with Crippen molar-refractivity contribution in [1.29, 1.82) is 0 Å². The molecule has 126 valence electrons. The van der Waals surface area contributed by atoms with Gasteiger partial charge < -0.3 is 19.5 Å². The third-order valence-electron chi connectivity index (χ3n) is 2.64. The molecule has 0 heterocycles. The fraction of sp³-hybridized carbons (Fsp3) is 0.400. The first-order chi connectivity index (χ1) is 11.0. The average Bonchev–Trinajstić information content (AvgIpc) is 2.53. The molecular weight excluding hydrogens is 304 g/mol. The zero-order valence-electron chi connectivity index (χ0n) is 13.3. The lowest BCUT2D eigenvalue weighted by molar-refractivity contribution is -0.154. The van der Waals surface area contributed by atoms with E-state index in [-0.39, 0.29) is 0 Å². The van der Waals surface area contributed by atoms with Crippen LogP contribution in [0.25, 0.3) is 0 Å². The van der Waals surface area contributed by atoms with Crippen molar-refractivity contribution in [2.24, 2.45) is 0 Å². The number of rotatable bonds is 7. The molecule has 1 aromatic rings. The minimum absolute atomic E-state index is 0.381. The second-order valence-electron chi connectivity index (χ2n) is 4.45. The van der Waals surface area contributed by atoms with Gasteiger partial charge in [0.25, 0.3) is 5.91 Å². The van der Waals surface area contributed by atoms with Crippen molar-refractivity contribution in [2.75, 3.05) is 20.3 Å². The van der Waals surface area contributed by atoms with Crippen molar-refractivity contribution >= 4 is 17.9 Å². The Morgan fingerprint density at radius 1 is 1.13 bits per heavy atom. The summed E-state index contributed by atoms with van der Waals surface area (Å²) < 4.78 is 15.2. The molecule has 0 saturated carbocycles. The Hall–Kier alpha value is -2.77. The molecule has 0 fully saturated rings. The Kier molecular flexibility index (Phi) is 7.38. The number of ether oxygens (including phenoxy) is 3. The van der Waals surface area contributed by atoms with Crippen LogP contribution in [0.3, 0.4) is 0 Å². The van der Waals surface area contributed by atoms with Crippen LogP contribution < -0.4 is 20.1 Å². The number of amides is 3. The van der Waals surface area contributed by atoms with Gasteiger partial charge in [-0.2, -0.15) is 0 Å². The Balaban J connectivity index is 2.38. The molecule has 3 amide bonds. The summed E-state index contributed by atoms with van der Waals surface area (Å²) in [6.07, 6.45) is -0.902. The maximum absolute atomic E-state index is 11.7. The van der Waals surface area contributed by atoms with Gasteiger partial charge in [-0.25, -0.2) is 9.59 Å². The van der Waals surface area contributed by atoms with Crippen LogP contribution in [0.2, 0.25) is 0 Å². The van der Waals surface area contributed by atoms with Crippen LogP contribution in [-0.4, -0.2) is 44.3 Å². The third-order valence-corrected chi connectivity index (χ3v) is 2.64. The Labute approximate surface area is 134 Å². The first-order valence-electron chi connectivity index (χ1n) is 7.01. The number of nitrogens with one attached hydrogen (secondary N) is 2. The molecular formula is C15H20N2O6. The molecule has 1 rings (SSSR count). The highest BCUT2D eigenvalue weighted by atomic mass is 16.6. The topological polar surface area (TPSA) is 103 Å². The monoisotopic (exact) mass is 324 g/mol. The summed E-state index contributed by atoms with van der Waals surface area (Å²) in [7, 11) is 1.54. The highest BCUT2D eigenvalue weighted by Gasteiger charge is 2.18. The summed E-state index contributed by atoms with van der Waals surface area (Å²) >= 11 is 0. The van der Waals surface area contributed by atoms with Crippen molar-refractivity contribution < 1.29 is 28.6 Å². The fourth-order valence-corrected chi connectivity index (χ4v) is 1.53. The maximum Gasteiger partial charge on any atom is 0.347 e. The van der Waals surface area contributed by atoms with Crippen LogP contribution in [-0.2, 0) is 14.3 Å². The van der Waals surface area contributed by atoms with E-state index in [9.17, 15) is 14.4 Å². The normalized spacial score (nSPS) is 11.1. The summed E-state index contributed by atoms with van der Waals surface area (Å²) in [5.74, 6) is -0.315. The fourth-order valence-electron chi connectivity index (χ4n) is 1.53. The molecule has 8 nitrogen and oxygen atoms in total. The molecule has 0 spiro atoms. The lowest BCUT2D eigenvalue weighted by atomic mass is 10.3. The van der Waals surface area contributed by atoms with Gasteiger partial charge >= 0.3 is 12.0 Å². The van der Waals surface area contributed by atoms with Gasteiger partial charge in [-0.3, -0.25) is 10.1 Å². The van der Waals surface area contributed by atoms with Gasteiger partial charge in [0.15, 0.2) is 12.7 Å². The number of methoxy groups -OCH3 is 1. The van der Waals surface area contributed by atoms with Gasteiger partial charge in [0, 0.05) is 6.54 Å². The number of carbonyl (C=O) groups is 3. The zero-order chi connectivity index (χ0) is 17.2.